The summed E-state index contributed by atoms with van der Waals surface area (Å²) in [7, 11) is 0. The predicted octanol–water partition coefficient (Wildman–Crippen LogP) is 3.10. The van der Waals surface area contributed by atoms with E-state index in [1.54, 1.807) is 6.92 Å². The van der Waals surface area contributed by atoms with Crippen LogP contribution in [0.3, 0.4) is 0 Å². The lowest BCUT2D eigenvalue weighted by Crippen LogP contribution is -2.40. The predicted molar refractivity (Wildman–Crippen MR) is 100 cm³/mol. The summed E-state index contributed by atoms with van der Waals surface area (Å²) in [5.74, 6) is -2.14. The lowest BCUT2D eigenvalue weighted by molar-refractivity contribution is -0.0368. The van der Waals surface area contributed by atoms with Gasteiger partial charge in [-0.15, -0.1) is 0 Å². The van der Waals surface area contributed by atoms with Gasteiger partial charge in [0, 0.05) is 41.3 Å². The molecular weight excluding hydrogens is 397 g/mol. The van der Waals surface area contributed by atoms with Crippen LogP contribution in [-0.4, -0.2) is 34.6 Å². The number of aromatic nitrogens is 6. The monoisotopic (exact) mass is 414 g/mol. The first-order valence-corrected chi connectivity index (χ1v) is 9.03. The van der Waals surface area contributed by atoms with Crippen LogP contribution < -0.4 is 0 Å². The van der Waals surface area contributed by atoms with Crippen molar-refractivity contribution >= 4 is 0 Å². The van der Waals surface area contributed by atoms with Crippen molar-refractivity contribution in [2.75, 3.05) is 0 Å². The first-order chi connectivity index (χ1) is 14.4. The molecule has 1 N–H and O–H groups in total. The van der Waals surface area contributed by atoms with Crippen LogP contribution in [-0.2, 0) is 12.1 Å². The van der Waals surface area contributed by atoms with Crippen LogP contribution in [0.5, 0.6) is 0 Å². The van der Waals surface area contributed by atoms with Crippen molar-refractivity contribution in [3.63, 3.8) is 0 Å². The summed E-state index contributed by atoms with van der Waals surface area (Å²) in [6.07, 6.45) is 8.30. The van der Waals surface area contributed by atoms with Gasteiger partial charge >= 0.3 is 0 Å². The van der Waals surface area contributed by atoms with Gasteiger partial charge in [0.1, 0.15) is 35.7 Å². The third-order valence-corrected chi connectivity index (χ3v) is 5.04. The number of aliphatic hydroxyl groups is 1. The van der Waals surface area contributed by atoms with Crippen LogP contribution in [0.4, 0.5) is 13.2 Å². The van der Waals surface area contributed by atoms with Gasteiger partial charge in [-0.25, -0.2) is 22.8 Å². The molecule has 0 saturated carbocycles. The van der Waals surface area contributed by atoms with Gasteiger partial charge in [0.15, 0.2) is 0 Å². The van der Waals surface area contributed by atoms with E-state index < -0.39 is 29.1 Å². The molecule has 4 aromatic rings. The highest BCUT2D eigenvalue weighted by atomic mass is 19.1. The molecule has 3 heterocycles. The van der Waals surface area contributed by atoms with E-state index in [2.05, 4.69) is 20.2 Å². The van der Waals surface area contributed by atoms with Crippen LogP contribution in [0, 0.1) is 17.5 Å². The molecule has 0 saturated heterocycles. The average molecular weight is 414 g/mol. The molecule has 7 nitrogen and oxygen atoms in total. The quantitative estimate of drug-likeness (QED) is 0.524. The molecular formula is C20H17F3N6O. The molecule has 2 atom stereocenters. The maximum absolute atomic E-state index is 14.6. The minimum atomic E-state index is -1.87. The lowest BCUT2D eigenvalue weighted by Gasteiger charge is -2.34. The number of benzene rings is 1. The Balaban J connectivity index is 1.76. The van der Waals surface area contributed by atoms with Crippen molar-refractivity contribution in [3.8, 4) is 11.1 Å². The van der Waals surface area contributed by atoms with E-state index in [0.29, 0.717) is 11.6 Å². The van der Waals surface area contributed by atoms with Crippen molar-refractivity contribution in [2.45, 2.75) is 25.1 Å². The van der Waals surface area contributed by atoms with Crippen molar-refractivity contribution in [1.82, 2.24) is 29.5 Å². The normalized spacial score (nSPS) is 14.4. The van der Waals surface area contributed by atoms with Crippen LogP contribution in [0.1, 0.15) is 18.5 Å². The molecule has 3 aromatic heterocycles. The fraction of sp³-hybridized carbons (Fsp3) is 0.200. The van der Waals surface area contributed by atoms with Crippen molar-refractivity contribution in [2.24, 2.45) is 0 Å². The summed E-state index contributed by atoms with van der Waals surface area (Å²) >= 11 is 0. The van der Waals surface area contributed by atoms with Crippen LogP contribution >= 0.6 is 0 Å². The molecule has 0 fully saturated rings. The summed E-state index contributed by atoms with van der Waals surface area (Å²) in [6, 6.07) is 3.34. The fourth-order valence-corrected chi connectivity index (χ4v) is 3.34. The highest BCUT2D eigenvalue weighted by Crippen LogP contribution is 2.37. The maximum atomic E-state index is 14.6. The van der Waals surface area contributed by atoms with Crippen molar-refractivity contribution in [3.05, 3.63) is 84.7 Å². The lowest BCUT2D eigenvalue weighted by atomic mass is 9.86. The second kappa shape index (κ2) is 7.71. The molecule has 0 amide bonds. The Bertz CT molecular complexity index is 1160. The third kappa shape index (κ3) is 3.57. The Morgan fingerprint density at radius 2 is 1.90 bits per heavy atom. The van der Waals surface area contributed by atoms with Crippen LogP contribution in [0.2, 0.25) is 0 Å². The Labute approximate surface area is 169 Å². The van der Waals surface area contributed by atoms with Gasteiger partial charge in [0.2, 0.25) is 0 Å². The Morgan fingerprint density at radius 1 is 1.07 bits per heavy atom. The number of pyridine rings is 1. The zero-order valence-corrected chi connectivity index (χ0v) is 15.8. The molecule has 0 aliphatic rings. The number of halogens is 3. The van der Waals surface area contributed by atoms with Gasteiger partial charge in [0.05, 0.1) is 18.8 Å². The zero-order valence-electron chi connectivity index (χ0n) is 15.8. The SMILES string of the molecule is C[C@@H](n1cc(-c2cnccc2F)cn1)[C@](O)(Cn1cncn1)c1ccc(F)cc1F. The molecule has 0 bridgehead atoms. The zero-order chi connectivity index (χ0) is 21.3. The van der Waals surface area contributed by atoms with E-state index >= 15 is 0 Å². The Morgan fingerprint density at radius 3 is 2.60 bits per heavy atom. The number of hydrogen-bond acceptors (Lipinski definition) is 5. The first kappa shape index (κ1) is 19.8. The minimum absolute atomic E-state index is 0.128. The molecule has 0 aliphatic heterocycles. The highest BCUT2D eigenvalue weighted by molar-refractivity contribution is 5.61. The molecule has 0 spiro atoms. The molecule has 0 aliphatic carbocycles. The summed E-state index contributed by atoms with van der Waals surface area (Å²) in [6.45, 7) is 1.45. The largest absolute Gasteiger partial charge is 0.381 e. The van der Waals surface area contributed by atoms with E-state index in [1.807, 2.05) is 0 Å². The minimum Gasteiger partial charge on any atom is -0.381 e. The van der Waals surface area contributed by atoms with E-state index in [9.17, 15) is 18.3 Å². The standard InChI is InChI=1S/C20H17F3N6O/c1-13(29-9-14(7-26-29)16-8-24-5-4-18(16)22)20(30,10-28-12-25-11-27-28)17-3-2-15(21)6-19(17)23/h2-9,11-13,30H,10H2,1H3/t13-,20-/m1/s1. The topological polar surface area (TPSA) is 81.6 Å². The van der Waals surface area contributed by atoms with Crippen molar-refractivity contribution in [1.29, 1.82) is 0 Å². The van der Waals surface area contributed by atoms with E-state index in [1.165, 1.54) is 58.9 Å². The molecule has 154 valence electrons. The number of rotatable bonds is 6. The fourth-order valence-electron chi connectivity index (χ4n) is 3.34. The average Bonchev–Trinajstić information content (AvgIpc) is 3.39. The second-order valence-electron chi connectivity index (χ2n) is 6.88. The van der Waals surface area contributed by atoms with Gasteiger partial charge in [-0.2, -0.15) is 10.2 Å². The molecule has 10 heteroatoms. The molecule has 30 heavy (non-hydrogen) atoms. The Kier molecular flexibility index (Phi) is 5.08. The molecule has 1 aromatic carbocycles. The summed E-state index contributed by atoms with van der Waals surface area (Å²) < 4.78 is 44.9. The van der Waals surface area contributed by atoms with Crippen LogP contribution in [0.25, 0.3) is 11.1 Å². The summed E-state index contributed by atoms with van der Waals surface area (Å²) in [4.78, 5) is 7.75. The van der Waals surface area contributed by atoms with Gasteiger partial charge in [-0.3, -0.25) is 9.67 Å². The van der Waals surface area contributed by atoms with Gasteiger partial charge in [-0.05, 0) is 19.1 Å². The second-order valence-corrected chi connectivity index (χ2v) is 6.88. The van der Waals surface area contributed by atoms with E-state index in [4.69, 9.17) is 0 Å². The molecule has 0 unspecified atom stereocenters. The smallest absolute Gasteiger partial charge is 0.137 e. The maximum Gasteiger partial charge on any atom is 0.137 e. The molecule has 4 rings (SSSR count). The van der Waals surface area contributed by atoms with E-state index in [-0.39, 0.29) is 17.7 Å². The van der Waals surface area contributed by atoms with Gasteiger partial charge in [-0.1, -0.05) is 6.07 Å². The van der Waals surface area contributed by atoms with E-state index in [0.717, 1.165) is 6.07 Å². The highest BCUT2D eigenvalue weighted by Gasteiger charge is 2.40. The number of hydrogen-bond donors (Lipinski definition) is 1. The van der Waals surface area contributed by atoms with Crippen LogP contribution in [0.15, 0.2) is 61.7 Å². The van der Waals surface area contributed by atoms with Crippen molar-refractivity contribution < 1.29 is 18.3 Å². The molecule has 0 radical (unpaired) electrons. The summed E-state index contributed by atoms with van der Waals surface area (Å²) in [5.41, 5.74) is -1.32. The van der Waals surface area contributed by atoms with Gasteiger partial charge in [0.25, 0.3) is 0 Å². The van der Waals surface area contributed by atoms with Gasteiger partial charge < -0.3 is 5.11 Å². The number of nitrogens with zero attached hydrogens (tertiary/aromatic N) is 6. The third-order valence-electron chi connectivity index (χ3n) is 5.04. The first-order valence-electron chi connectivity index (χ1n) is 9.03. The summed E-state index contributed by atoms with van der Waals surface area (Å²) in [5, 5.41) is 19.8. The Hall–Kier alpha value is -3.53.